The molecule has 3 nitrogen and oxygen atoms in total. The number of aromatic nitrogens is 1. The molecule has 2 aliphatic carbocycles. The van der Waals surface area contributed by atoms with Gasteiger partial charge in [-0.05, 0) is 54.4 Å². The normalized spacial score (nSPS) is 26.3. The number of para-hydroxylation sites is 1. The number of benzene rings is 3. The maximum absolute atomic E-state index is 14.1. The molecular formula is C29H26N2O. The summed E-state index contributed by atoms with van der Waals surface area (Å²) in [4.78, 5) is 18.6. The highest BCUT2D eigenvalue weighted by atomic mass is 16.2. The van der Waals surface area contributed by atoms with E-state index >= 15 is 0 Å². The Balaban J connectivity index is 1.45. The third-order valence-corrected chi connectivity index (χ3v) is 7.76. The van der Waals surface area contributed by atoms with Crippen molar-refractivity contribution in [3.8, 4) is 0 Å². The van der Waals surface area contributed by atoms with E-state index in [2.05, 4.69) is 71.0 Å². The van der Waals surface area contributed by atoms with Crippen LogP contribution in [0.25, 0.3) is 10.9 Å². The third kappa shape index (κ3) is 2.96. The summed E-state index contributed by atoms with van der Waals surface area (Å²) in [5.41, 5.74) is 4.11. The molecule has 0 saturated heterocycles. The van der Waals surface area contributed by atoms with Crippen LogP contribution in [0.5, 0.6) is 0 Å². The van der Waals surface area contributed by atoms with E-state index in [1.54, 1.807) is 6.20 Å². The van der Waals surface area contributed by atoms with Gasteiger partial charge in [-0.3, -0.25) is 9.78 Å². The molecule has 158 valence electrons. The molecule has 32 heavy (non-hydrogen) atoms. The van der Waals surface area contributed by atoms with Crippen molar-refractivity contribution < 1.29 is 4.79 Å². The van der Waals surface area contributed by atoms with Crippen molar-refractivity contribution in [1.29, 1.82) is 0 Å². The molecule has 1 amide bonds. The highest BCUT2D eigenvalue weighted by Gasteiger charge is 2.61. The zero-order valence-corrected chi connectivity index (χ0v) is 17.9. The van der Waals surface area contributed by atoms with Crippen molar-refractivity contribution in [2.75, 3.05) is 5.32 Å². The molecule has 4 atom stereocenters. The van der Waals surface area contributed by atoms with Crippen LogP contribution in [0, 0.1) is 11.8 Å². The Morgan fingerprint density at radius 2 is 1.62 bits per heavy atom. The third-order valence-electron chi connectivity index (χ3n) is 7.76. The number of anilines is 1. The van der Waals surface area contributed by atoms with Crippen molar-refractivity contribution in [3.05, 3.63) is 108 Å². The molecule has 3 heteroatoms. The SMILES string of the molecule is O=C(Nc1cccc2cccnc12)C1C(c2ccccc2)C2CCC1(c1ccccc1)C2. The monoisotopic (exact) mass is 418 g/mol. The van der Waals surface area contributed by atoms with Crippen LogP contribution in [0.3, 0.4) is 0 Å². The van der Waals surface area contributed by atoms with Gasteiger partial charge in [0.2, 0.25) is 5.91 Å². The molecule has 1 N–H and O–H groups in total. The van der Waals surface area contributed by atoms with Crippen molar-refractivity contribution in [2.24, 2.45) is 11.8 Å². The predicted octanol–water partition coefficient (Wildman–Crippen LogP) is 6.33. The number of nitrogens with zero attached hydrogens (tertiary/aromatic N) is 1. The zero-order chi connectivity index (χ0) is 21.5. The molecule has 2 saturated carbocycles. The van der Waals surface area contributed by atoms with Gasteiger partial charge in [0, 0.05) is 17.0 Å². The van der Waals surface area contributed by atoms with Crippen LogP contribution in [-0.2, 0) is 10.2 Å². The first-order valence-electron chi connectivity index (χ1n) is 11.5. The number of amides is 1. The Morgan fingerprint density at radius 1 is 0.875 bits per heavy atom. The van der Waals surface area contributed by atoms with Crippen molar-refractivity contribution in [2.45, 2.75) is 30.6 Å². The van der Waals surface area contributed by atoms with Gasteiger partial charge in [0.15, 0.2) is 0 Å². The van der Waals surface area contributed by atoms with Gasteiger partial charge in [-0.25, -0.2) is 0 Å². The summed E-state index contributed by atoms with van der Waals surface area (Å²) in [5.74, 6) is 0.764. The second-order valence-electron chi connectivity index (χ2n) is 9.31. The average molecular weight is 419 g/mol. The topological polar surface area (TPSA) is 42.0 Å². The van der Waals surface area contributed by atoms with Gasteiger partial charge in [0.25, 0.3) is 0 Å². The van der Waals surface area contributed by atoms with Crippen LogP contribution in [0.15, 0.2) is 97.2 Å². The van der Waals surface area contributed by atoms with Crippen molar-refractivity contribution >= 4 is 22.5 Å². The van der Waals surface area contributed by atoms with E-state index in [0.717, 1.165) is 29.4 Å². The fourth-order valence-electron chi connectivity index (χ4n) is 6.50. The van der Waals surface area contributed by atoms with E-state index < -0.39 is 0 Å². The Bertz CT molecular complexity index is 1260. The Kier molecular flexibility index (Phi) is 4.57. The molecule has 2 fully saturated rings. The standard InChI is InChI=1S/C29H26N2O/c32-28(31-24-15-7-11-21-12-8-18-30-27(21)24)26-25(20-9-3-1-4-10-20)22-16-17-29(26,19-22)23-13-5-2-6-14-23/h1-15,18,22,25-26H,16-17,19H2,(H,31,32). The Labute approximate surface area is 188 Å². The molecule has 1 aromatic heterocycles. The quantitative estimate of drug-likeness (QED) is 0.421. The van der Waals surface area contributed by atoms with Crippen LogP contribution in [-0.4, -0.2) is 10.9 Å². The largest absolute Gasteiger partial charge is 0.324 e. The molecular weight excluding hydrogens is 392 g/mol. The Morgan fingerprint density at radius 3 is 2.44 bits per heavy atom. The molecule has 0 aliphatic heterocycles. The second-order valence-corrected chi connectivity index (χ2v) is 9.31. The summed E-state index contributed by atoms with van der Waals surface area (Å²) >= 11 is 0. The molecule has 0 radical (unpaired) electrons. The van der Waals surface area contributed by atoms with Crippen LogP contribution >= 0.6 is 0 Å². The average Bonchev–Trinajstić information content (AvgIpc) is 3.44. The number of hydrogen-bond donors (Lipinski definition) is 1. The maximum atomic E-state index is 14.1. The van der Waals surface area contributed by atoms with E-state index in [0.29, 0.717) is 5.92 Å². The fraction of sp³-hybridized carbons (Fsp3) is 0.241. The predicted molar refractivity (Wildman–Crippen MR) is 129 cm³/mol. The minimum Gasteiger partial charge on any atom is -0.324 e. The number of rotatable bonds is 4. The molecule has 2 bridgehead atoms. The second kappa shape index (κ2) is 7.59. The lowest BCUT2D eigenvalue weighted by molar-refractivity contribution is -0.122. The molecule has 1 heterocycles. The number of pyridine rings is 1. The van der Waals surface area contributed by atoms with Gasteiger partial charge in [-0.15, -0.1) is 0 Å². The molecule has 2 aliphatic rings. The van der Waals surface area contributed by atoms with Crippen LogP contribution in [0.2, 0.25) is 0 Å². The molecule has 6 rings (SSSR count). The van der Waals surface area contributed by atoms with E-state index in [9.17, 15) is 4.79 Å². The smallest absolute Gasteiger partial charge is 0.229 e. The summed E-state index contributed by atoms with van der Waals surface area (Å²) in [6.45, 7) is 0. The van der Waals surface area contributed by atoms with Crippen LogP contribution in [0.4, 0.5) is 5.69 Å². The van der Waals surface area contributed by atoms with Gasteiger partial charge in [0.05, 0.1) is 17.1 Å². The van der Waals surface area contributed by atoms with Gasteiger partial charge in [-0.1, -0.05) is 78.9 Å². The van der Waals surface area contributed by atoms with Gasteiger partial charge in [-0.2, -0.15) is 0 Å². The molecule has 3 aromatic carbocycles. The summed E-state index contributed by atoms with van der Waals surface area (Å²) in [6, 6.07) is 31.3. The van der Waals surface area contributed by atoms with Gasteiger partial charge in [0.1, 0.15) is 0 Å². The first-order valence-corrected chi connectivity index (χ1v) is 11.5. The number of fused-ring (bicyclic) bond motifs is 3. The number of nitrogens with one attached hydrogen (secondary N) is 1. The Hall–Kier alpha value is -3.46. The summed E-state index contributed by atoms with van der Waals surface area (Å²) in [6.07, 6.45) is 5.10. The lowest BCUT2D eigenvalue weighted by Gasteiger charge is -2.39. The fourth-order valence-corrected chi connectivity index (χ4v) is 6.50. The van der Waals surface area contributed by atoms with Crippen molar-refractivity contribution in [1.82, 2.24) is 4.98 Å². The molecule has 0 spiro atoms. The lowest BCUT2D eigenvalue weighted by Crippen LogP contribution is -2.42. The summed E-state index contributed by atoms with van der Waals surface area (Å²) in [7, 11) is 0. The van der Waals surface area contributed by atoms with E-state index in [4.69, 9.17) is 0 Å². The van der Waals surface area contributed by atoms with Crippen LogP contribution < -0.4 is 5.32 Å². The van der Waals surface area contributed by atoms with Gasteiger partial charge >= 0.3 is 0 Å². The zero-order valence-electron chi connectivity index (χ0n) is 17.9. The first kappa shape index (κ1) is 19.2. The first-order chi connectivity index (χ1) is 15.8. The maximum Gasteiger partial charge on any atom is 0.229 e. The summed E-state index contributed by atoms with van der Waals surface area (Å²) < 4.78 is 0. The van der Waals surface area contributed by atoms with E-state index in [-0.39, 0.29) is 23.2 Å². The molecule has 4 aromatic rings. The number of hydrogen-bond acceptors (Lipinski definition) is 2. The van der Waals surface area contributed by atoms with E-state index in [1.165, 1.54) is 17.5 Å². The van der Waals surface area contributed by atoms with Crippen molar-refractivity contribution in [3.63, 3.8) is 0 Å². The van der Waals surface area contributed by atoms with E-state index in [1.807, 2.05) is 30.3 Å². The minimum atomic E-state index is -0.117. The number of carbonyl (C=O) groups is 1. The molecule has 4 unspecified atom stereocenters. The van der Waals surface area contributed by atoms with Gasteiger partial charge < -0.3 is 5.32 Å². The highest BCUT2D eigenvalue weighted by molar-refractivity contribution is 6.02. The minimum absolute atomic E-state index is 0.106. The number of carbonyl (C=O) groups excluding carboxylic acids is 1. The highest BCUT2D eigenvalue weighted by Crippen LogP contribution is 2.64. The summed E-state index contributed by atoms with van der Waals surface area (Å²) in [5, 5.41) is 4.34. The lowest BCUT2D eigenvalue weighted by atomic mass is 9.65. The van der Waals surface area contributed by atoms with Crippen LogP contribution in [0.1, 0.15) is 36.3 Å².